The summed E-state index contributed by atoms with van der Waals surface area (Å²) in [4.78, 5) is 11.7. The zero-order chi connectivity index (χ0) is 31.4. The fourth-order valence-electron chi connectivity index (χ4n) is 6.17. The van der Waals surface area contributed by atoms with E-state index in [1.54, 1.807) is 0 Å². The Balaban J connectivity index is 1.72. The van der Waals surface area contributed by atoms with Crippen LogP contribution in [0, 0.1) is 0 Å². The molecule has 1 saturated heterocycles. The first kappa shape index (κ1) is 33.7. The van der Waals surface area contributed by atoms with Gasteiger partial charge in [0.05, 0.1) is 32.0 Å². The summed E-state index contributed by atoms with van der Waals surface area (Å²) in [5.74, 6) is -0.656. The highest BCUT2D eigenvalue weighted by Crippen LogP contribution is 2.40. The fourth-order valence-corrected chi connectivity index (χ4v) is 10.9. The first-order valence-corrected chi connectivity index (χ1v) is 16.6. The van der Waals surface area contributed by atoms with E-state index in [0.717, 1.165) is 10.4 Å². The third-order valence-electron chi connectivity index (χ3n) is 8.46. The van der Waals surface area contributed by atoms with E-state index < -0.39 is 82.5 Å². The van der Waals surface area contributed by atoms with Crippen molar-refractivity contribution < 1.29 is 43.5 Å². The average molecular weight is 619 g/mol. The van der Waals surface area contributed by atoms with E-state index in [1.165, 1.54) is 7.11 Å². The fraction of sp³-hybridized carbons (Fsp3) is 0.581. The third kappa shape index (κ3) is 7.04. The Kier molecular flexibility index (Phi) is 11.2. The molecular weight excluding hydrogens is 572 g/mol. The first-order valence-electron chi connectivity index (χ1n) is 14.7. The lowest BCUT2D eigenvalue weighted by Gasteiger charge is -2.51. The summed E-state index contributed by atoms with van der Waals surface area (Å²) in [6, 6.07) is 18.6. The molecule has 2 aromatic rings. The maximum Gasteiger partial charge on any atom is 0.331 e. The van der Waals surface area contributed by atoms with Crippen LogP contribution in [0.2, 0.25) is 5.04 Å². The predicted molar refractivity (Wildman–Crippen MR) is 162 cm³/mol. The normalized spacial score (nSPS) is 31.9. The van der Waals surface area contributed by atoms with Gasteiger partial charge in [-0.15, -0.1) is 0 Å². The van der Waals surface area contributed by atoms with Gasteiger partial charge in [0.2, 0.25) is 0 Å². The molecule has 238 valence electrons. The van der Waals surface area contributed by atoms with Gasteiger partial charge < -0.3 is 50.2 Å². The van der Waals surface area contributed by atoms with Crippen molar-refractivity contribution in [3.05, 3.63) is 60.7 Å². The Morgan fingerprint density at radius 1 is 0.953 bits per heavy atom. The van der Waals surface area contributed by atoms with E-state index in [-0.39, 0.29) is 5.04 Å². The number of aliphatic hydroxyl groups excluding tert-OH is 3. The van der Waals surface area contributed by atoms with Crippen LogP contribution in [0.1, 0.15) is 33.6 Å². The summed E-state index contributed by atoms with van der Waals surface area (Å²) >= 11 is 0. The van der Waals surface area contributed by atoms with Gasteiger partial charge in [-0.25, -0.2) is 4.79 Å². The van der Waals surface area contributed by atoms with Crippen molar-refractivity contribution in [3.8, 4) is 0 Å². The number of carbonyl (C=O) groups excluding carboxylic acids is 1. The van der Waals surface area contributed by atoms with Gasteiger partial charge in [0, 0.05) is 6.04 Å². The van der Waals surface area contributed by atoms with Crippen molar-refractivity contribution in [1.82, 2.24) is 0 Å². The zero-order valence-electron chi connectivity index (χ0n) is 25.2. The van der Waals surface area contributed by atoms with Crippen LogP contribution in [-0.4, -0.2) is 105 Å². The molecule has 0 aromatic heterocycles. The van der Waals surface area contributed by atoms with Gasteiger partial charge in [0.1, 0.15) is 31.0 Å². The monoisotopic (exact) mass is 618 g/mol. The topological polar surface area (TPSA) is 176 Å². The highest BCUT2D eigenvalue weighted by atomic mass is 28.4. The molecule has 3 unspecified atom stereocenters. The standard InChI is InChI=1S/C31H46N2O9Si/c1-31(2,3)43(19-11-7-5-8-12-19,20-13-9-6-10-14-20)42-27-21(32)15-16-22(35)28(27)41-30-25(33)29(39-18-24(36)38-4)26(37)23(17-34)40-30/h5-14,21-23,25-30,34-35,37H,15-18,32-33H2,1-4H3/t21-,22-,23?,25?,26-,27+,28+,29-,30?/m1/s1. The van der Waals surface area contributed by atoms with E-state index >= 15 is 0 Å². The van der Waals surface area contributed by atoms with Gasteiger partial charge in [-0.3, -0.25) is 0 Å². The van der Waals surface area contributed by atoms with Crippen LogP contribution in [0.5, 0.6) is 0 Å². The average Bonchev–Trinajstić information content (AvgIpc) is 3.00. The Labute approximate surface area is 254 Å². The molecule has 2 aliphatic rings. The number of carbonyl (C=O) groups is 1. The number of hydrogen-bond donors (Lipinski definition) is 5. The number of benzene rings is 2. The Morgan fingerprint density at radius 3 is 2.05 bits per heavy atom. The largest absolute Gasteiger partial charge is 0.467 e. The minimum atomic E-state index is -3.11. The molecule has 1 aliphatic carbocycles. The van der Waals surface area contributed by atoms with E-state index in [9.17, 15) is 20.1 Å². The number of rotatable bonds is 10. The maximum absolute atomic E-state index is 11.7. The molecule has 9 atom stereocenters. The van der Waals surface area contributed by atoms with Crippen LogP contribution in [0.15, 0.2) is 60.7 Å². The summed E-state index contributed by atoms with van der Waals surface area (Å²) in [5, 5.41) is 33.8. The van der Waals surface area contributed by atoms with Gasteiger partial charge in [0.15, 0.2) is 6.29 Å². The molecule has 0 radical (unpaired) electrons. The molecule has 1 aliphatic heterocycles. The van der Waals surface area contributed by atoms with Crippen molar-refractivity contribution in [2.24, 2.45) is 11.5 Å². The Morgan fingerprint density at radius 2 is 1.53 bits per heavy atom. The van der Waals surface area contributed by atoms with Crippen LogP contribution in [0.3, 0.4) is 0 Å². The van der Waals surface area contributed by atoms with Crippen LogP contribution >= 0.6 is 0 Å². The lowest BCUT2D eigenvalue weighted by atomic mass is 9.88. The van der Waals surface area contributed by atoms with Gasteiger partial charge in [-0.2, -0.15) is 0 Å². The van der Waals surface area contributed by atoms with Gasteiger partial charge in [0.25, 0.3) is 8.32 Å². The lowest BCUT2D eigenvalue weighted by Crippen LogP contribution is -2.72. The van der Waals surface area contributed by atoms with E-state index in [2.05, 4.69) is 49.8 Å². The maximum atomic E-state index is 11.7. The predicted octanol–water partition coefficient (Wildman–Crippen LogP) is -0.238. The van der Waals surface area contributed by atoms with Crippen molar-refractivity contribution >= 4 is 24.7 Å². The molecule has 0 spiro atoms. The summed E-state index contributed by atoms with van der Waals surface area (Å²) in [5.41, 5.74) is 13.2. The second-order valence-corrected chi connectivity index (χ2v) is 16.6. The molecule has 1 heterocycles. The van der Waals surface area contributed by atoms with Crippen LogP contribution in [0.25, 0.3) is 0 Å². The van der Waals surface area contributed by atoms with Crippen molar-refractivity contribution in [1.29, 1.82) is 0 Å². The number of hydrogen-bond acceptors (Lipinski definition) is 11. The quantitative estimate of drug-likeness (QED) is 0.176. The molecular formula is C31H46N2O9Si. The SMILES string of the molecule is COC(=O)CO[C@@H]1C(N)C(O[C@@H]2[C@@H](O[Si](c3ccccc3)(c3ccccc3)C(C)(C)C)[C@H](N)CC[C@H]2O)OC(CO)[C@H]1O. The molecule has 2 fully saturated rings. The number of aliphatic hydroxyl groups is 3. The van der Waals surface area contributed by atoms with Gasteiger partial charge in [-0.05, 0) is 28.3 Å². The Bertz CT molecular complexity index is 1130. The summed E-state index contributed by atoms with van der Waals surface area (Å²) in [6.07, 6.45) is -6.62. The van der Waals surface area contributed by atoms with Gasteiger partial charge in [-0.1, -0.05) is 81.4 Å². The molecule has 1 saturated carbocycles. The lowest BCUT2D eigenvalue weighted by molar-refractivity contribution is -0.301. The number of ether oxygens (including phenoxy) is 4. The number of nitrogens with two attached hydrogens (primary N) is 2. The molecule has 4 rings (SSSR count). The molecule has 0 amide bonds. The summed E-state index contributed by atoms with van der Waals surface area (Å²) < 4.78 is 29.9. The first-order chi connectivity index (χ1) is 20.4. The van der Waals surface area contributed by atoms with Crippen LogP contribution in [0.4, 0.5) is 0 Å². The second kappa shape index (κ2) is 14.2. The van der Waals surface area contributed by atoms with Crippen LogP contribution in [-0.2, 0) is 28.2 Å². The smallest absolute Gasteiger partial charge is 0.331 e. The van der Waals surface area contributed by atoms with Crippen molar-refractivity contribution in [3.63, 3.8) is 0 Å². The minimum Gasteiger partial charge on any atom is -0.467 e. The summed E-state index contributed by atoms with van der Waals surface area (Å²) in [6.45, 7) is 5.43. The highest BCUT2D eigenvalue weighted by Gasteiger charge is 2.55. The molecule has 12 heteroatoms. The minimum absolute atomic E-state index is 0.362. The van der Waals surface area contributed by atoms with E-state index in [4.69, 9.17) is 30.1 Å². The van der Waals surface area contributed by atoms with Crippen molar-refractivity contribution in [2.75, 3.05) is 20.3 Å². The summed E-state index contributed by atoms with van der Waals surface area (Å²) in [7, 11) is -1.89. The molecule has 11 nitrogen and oxygen atoms in total. The zero-order valence-corrected chi connectivity index (χ0v) is 26.2. The van der Waals surface area contributed by atoms with Crippen LogP contribution < -0.4 is 21.8 Å². The molecule has 43 heavy (non-hydrogen) atoms. The second-order valence-electron chi connectivity index (χ2n) is 12.3. The number of methoxy groups -OCH3 is 1. The van der Waals surface area contributed by atoms with Crippen molar-refractivity contribution in [2.45, 2.75) is 93.6 Å². The van der Waals surface area contributed by atoms with E-state index in [0.29, 0.717) is 12.8 Å². The third-order valence-corrected chi connectivity index (χ3v) is 13.5. The highest BCUT2D eigenvalue weighted by molar-refractivity contribution is 6.99. The molecule has 7 N–H and O–H groups in total. The molecule has 0 bridgehead atoms. The Hall–Kier alpha value is -2.23. The number of esters is 1. The van der Waals surface area contributed by atoms with E-state index in [1.807, 2.05) is 36.4 Å². The molecule has 2 aromatic carbocycles. The van der Waals surface area contributed by atoms with Gasteiger partial charge >= 0.3 is 5.97 Å².